The molecule has 0 saturated carbocycles. The van der Waals surface area contributed by atoms with Crippen molar-refractivity contribution in [3.8, 4) is 11.3 Å². The largest absolute Gasteiger partial charge is 0.353 e. The van der Waals surface area contributed by atoms with E-state index in [9.17, 15) is 14.0 Å². The molecule has 0 atom stereocenters. The van der Waals surface area contributed by atoms with Crippen molar-refractivity contribution in [2.24, 2.45) is 0 Å². The third-order valence-electron chi connectivity index (χ3n) is 5.83. The van der Waals surface area contributed by atoms with E-state index < -0.39 is 5.82 Å². The molecule has 7 nitrogen and oxygen atoms in total. The van der Waals surface area contributed by atoms with Crippen LogP contribution in [0.1, 0.15) is 35.0 Å². The number of carbonyl (C=O) groups excluding carboxylic acids is 2. The molecule has 1 amide bonds. The average molecular weight is 448 g/mol. The minimum Gasteiger partial charge on any atom is -0.353 e. The SMILES string of the molecule is CC(=O)N1CCN(c2ccc(C(=O)CCc3cnc(-c4ccnc(C)c4)c(F)c3)cn2)CC1. The highest BCUT2D eigenvalue weighted by atomic mass is 19.1. The van der Waals surface area contributed by atoms with Crippen LogP contribution in [0.3, 0.4) is 0 Å². The Hall–Kier alpha value is -3.68. The van der Waals surface area contributed by atoms with Crippen LogP contribution in [0, 0.1) is 12.7 Å². The molecule has 0 radical (unpaired) electrons. The Morgan fingerprint density at radius 1 is 1.00 bits per heavy atom. The lowest BCUT2D eigenvalue weighted by molar-refractivity contribution is -0.129. The highest BCUT2D eigenvalue weighted by Gasteiger charge is 2.20. The number of pyridine rings is 3. The maximum absolute atomic E-state index is 14.6. The summed E-state index contributed by atoms with van der Waals surface area (Å²) in [6.45, 7) is 6.19. The van der Waals surface area contributed by atoms with E-state index in [4.69, 9.17) is 0 Å². The van der Waals surface area contributed by atoms with E-state index in [1.54, 1.807) is 43.7 Å². The normalized spacial score (nSPS) is 13.8. The Morgan fingerprint density at radius 2 is 1.79 bits per heavy atom. The molecule has 0 bridgehead atoms. The number of Topliss-reactive ketones (excluding diaryl/α,β-unsaturated/α-hetero) is 1. The number of aryl methyl sites for hydroxylation is 2. The lowest BCUT2D eigenvalue weighted by Crippen LogP contribution is -2.48. The van der Waals surface area contributed by atoms with Crippen LogP contribution < -0.4 is 4.90 Å². The minimum atomic E-state index is -0.415. The highest BCUT2D eigenvalue weighted by Crippen LogP contribution is 2.22. The quantitative estimate of drug-likeness (QED) is 0.539. The Bertz CT molecular complexity index is 1160. The molecule has 170 valence electrons. The Balaban J connectivity index is 1.34. The predicted octanol–water partition coefficient (Wildman–Crippen LogP) is 3.47. The Morgan fingerprint density at radius 3 is 2.42 bits per heavy atom. The molecule has 1 aliphatic rings. The first-order valence-corrected chi connectivity index (χ1v) is 11.0. The second kappa shape index (κ2) is 9.85. The monoisotopic (exact) mass is 447 g/mol. The van der Waals surface area contributed by atoms with Crippen LogP contribution in [0.15, 0.2) is 48.9 Å². The van der Waals surface area contributed by atoms with E-state index in [2.05, 4.69) is 19.9 Å². The van der Waals surface area contributed by atoms with Crippen molar-refractivity contribution in [3.63, 3.8) is 0 Å². The van der Waals surface area contributed by atoms with Gasteiger partial charge >= 0.3 is 0 Å². The predicted molar refractivity (Wildman–Crippen MR) is 124 cm³/mol. The lowest BCUT2D eigenvalue weighted by atomic mass is 10.0. The number of hydrogen-bond acceptors (Lipinski definition) is 6. The fourth-order valence-electron chi connectivity index (χ4n) is 3.91. The standard InChI is InChI=1S/C25H26FN5O2/c1-17-13-20(7-8-27-17)25-22(26)14-19(15-29-25)3-5-23(33)21-4-6-24(28-16-21)31-11-9-30(10-12-31)18(2)32/h4,6-8,13-16H,3,5,9-12H2,1-2H3. The molecular formula is C25H26FN5O2. The molecule has 0 spiro atoms. The summed E-state index contributed by atoms with van der Waals surface area (Å²) in [7, 11) is 0. The Labute approximate surface area is 192 Å². The van der Waals surface area contributed by atoms with Gasteiger partial charge in [0, 0.05) is 74.9 Å². The zero-order valence-electron chi connectivity index (χ0n) is 18.8. The zero-order chi connectivity index (χ0) is 23.4. The van der Waals surface area contributed by atoms with Gasteiger partial charge in [-0.3, -0.25) is 19.6 Å². The van der Waals surface area contributed by atoms with Gasteiger partial charge in [-0.25, -0.2) is 9.37 Å². The second-order valence-corrected chi connectivity index (χ2v) is 8.18. The van der Waals surface area contributed by atoms with Crippen molar-refractivity contribution in [2.75, 3.05) is 31.1 Å². The maximum Gasteiger partial charge on any atom is 0.219 e. The third kappa shape index (κ3) is 5.39. The van der Waals surface area contributed by atoms with Crippen LogP contribution >= 0.6 is 0 Å². The molecule has 1 saturated heterocycles. The van der Waals surface area contributed by atoms with Crippen molar-refractivity contribution < 1.29 is 14.0 Å². The van der Waals surface area contributed by atoms with Crippen molar-refractivity contribution in [3.05, 3.63) is 71.6 Å². The number of carbonyl (C=O) groups is 2. The van der Waals surface area contributed by atoms with E-state index >= 15 is 0 Å². The summed E-state index contributed by atoms with van der Waals surface area (Å²) in [5.74, 6) is 0.412. The molecule has 3 aromatic heterocycles. The summed E-state index contributed by atoms with van der Waals surface area (Å²) in [6, 6.07) is 8.56. The summed E-state index contributed by atoms with van der Waals surface area (Å²) in [5, 5.41) is 0. The molecule has 0 aromatic carbocycles. The topological polar surface area (TPSA) is 79.3 Å². The summed E-state index contributed by atoms with van der Waals surface area (Å²) in [4.78, 5) is 40.8. The van der Waals surface area contributed by atoms with E-state index in [-0.39, 0.29) is 23.8 Å². The van der Waals surface area contributed by atoms with Crippen molar-refractivity contribution >= 4 is 17.5 Å². The molecule has 0 unspecified atom stereocenters. The van der Waals surface area contributed by atoms with Crippen molar-refractivity contribution in [2.45, 2.75) is 26.7 Å². The number of piperazine rings is 1. The number of aromatic nitrogens is 3. The van der Waals surface area contributed by atoms with Crippen LogP contribution in [0.25, 0.3) is 11.3 Å². The molecular weight excluding hydrogens is 421 g/mol. The van der Waals surface area contributed by atoms with Gasteiger partial charge in [-0.2, -0.15) is 0 Å². The third-order valence-corrected chi connectivity index (χ3v) is 5.83. The zero-order valence-corrected chi connectivity index (χ0v) is 18.8. The molecule has 8 heteroatoms. The van der Waals surface area contributed by atoms with Crippen LogP contribution in [0.2, 0.25) is 0 Å². The molecule has 4 rings (SSSR count). The smallest absolute Gasteiger partial charge is 0.219 e. The first-order chi connectivity index (χ1) is 15.9. The van der Waals surface area contributed by atoms with Crippen LogP contribution in [0.5, 0.6) is 0 Å². The summed E-state index contributed by atoms with van der Waals surface area (Å²) < 4.78 is 14.6. The molecule has 0 N–H and O–H groups in total. The van der Waals surface area contributed by atoms with Gasteiger partial charge in [-0.05, 0) is 49.2 Å². The summed E-state index contributed by atoms with van der Waals surface area (Å²) in [6.07, 6.45) is 5.47. The van der Waals surface area contributed by atoms with E-state index in [0.29, 0.717) is 49.3 Å². The molecule has 3 aromatic rings. The van der Waals surface area contributed by atoms with Crippen LogP contribution in [-0.2, 0) is 11.2 Å². The fraction of sp³-hybridized carbons (Fsp3) is 0.320. The molecule has 4 heterocycles. The van der Waals surface area contributed by atoms with Crippen molar-refractivity contribution in [1.29, 1.82) is 0 Å². The number of halogens is 1. The average Bonchev–Trinajstić information content (AvgIpc) is 2.83. The van der Waals surface area contributed by atoms with Gasteiger partial charge in [0.15, 0.2) is 5.78 Å². The van der Waals surface area contributed by atoms with Gasteiger partial charge in [0.25, 0.3) is 0 Å². The molecule has 1 fully saturated rings. The van der Waals surface area contributed by atoms with Gasteiger partial charge in [-0.1, -0.05) is 0 Å². The number of hydrogen-bond donors (Lipinski definition) is 0. The number of rotatable bonds is 6. The summed E-state index contributed by atoms with van der Waals surface area (Å²) >= 11 is 0. The van der Waals surface area contributed by atoms with Gasteiger partial charge in [0.2, 0.25) is 5.91 Å². The van der Waals surface area contributed by atoms with E-state index in [1.165, 1.54) is 6.07 Å². The van der Waals surface area contributed by atoms with Crippen molar-refractivity contribution in [1.82, 2.24) is 19.9 Å². The fourth-order valence-corrected chi connectivity index (χ4v) is 3.91. The van der Waals surface area contributed by atoms with Gasteiger partial charge in [0.1, 0.15) is 17.3 Å². The Kier molecular flexibility index (Phi) is 6.72. The van der Waals surface area contributed by atoms with Gasteiger partial charge in [-0.15, -0.1) is 0 Å². The highest BCUT2D eigenvalue weighted by molar-refractivity contribution is 5.96. The molecule has 33 heavy (non-hydrogen) atoms. The van der Waals surface area contributed by atoms with Crippen LogP contribution in [0.4, 0.5) is 10.2 Å². The first kappa shape index (κ1) is 22.5. The van der Waals surface area contributed by atoms with E-state index in [0.717, 1.165) is 11.5 Å². The minimum absolute atomic E-state index is 0.0512. The van der Waals surface area contributed by atoms with E-state index in [1.807, 2.05) is 17.9 Å². The summed E-state index contributed by atoms with van der Waals surface area (Å²) in [5.41, 5.74) is 2.94. The first-order valence-electron chi connectivity index (χ1n) is 11.0. The van der Waals surface area contributed by atoms with Gasteiger partial charge < -0.3 is 9.80 Å². The number of anilines is 1. The molecule has 0 aliphatic carbocycles. The number of ketones is 1. The van der Waals surface area contributed by atoms with Gasteiger partial charge in [0.05, 0.1) is 0 Å². The maximum atomic E-state index is 14.6. The molecule has 1 aliphatic heterocycles. The lowest BCUT2D eigenvalue weighted by Gasteiger charge is -2.34. The number of amides is 1. The van der Waals surface area contributed by atoms with Crippen LogP contribution in [-0.4, -0.2) is 57.7 Å². The second-order valence-electron chi connectivity index (χ2n) is 8.18. The number of nitrogens with zero attached hydrogens (tertiary/aromatic N) is 5.